The Kier molecular flexibility index (Phi) is 4.78. The quantitative estimate of drug-likeness (QED) is 0.516. The number of aromatic amines is 1. The Balaban J connectivity index is 1.56. The van der Waals surface area contributed by atoms with Gasteiger partial charge in [0.2, 0.25) is 5.91 Å². The Morgan fingerprint density at radius 3 is 2.31 bits per heavy atom. The molecule has 1 amide bonds. The van der Waals surface area contributed by atoms with Gasteiger partial charge in [-0.25, -0.2) is 4.98 Å². The lowest BCUT2D eigenvalue weighted by Crippen LogP contribution is -2.10. The highest BCUT2D eigenvalue weighted by Gasteiger charge is 2.09. The second-order valence-corrected chi connectivity index (χ2v) is 6.32. The van der Waals surface area contributed by atoms with E-state index in [2.05, 4.69) is 9.97 Å². The second-order valence-electron chi connectivity index (χ2n) is 6.32. The van der Waals surface area contributed by atoms with Gasteiger partial charge < -0.3 is 24.9 Å². The normalized spacial score (nSPS) is 10.7. The SMILES string of the molecule is COc1ccc(Oc2ccc(-c3nc4cc(C(N)=O)ccc4[nH]3)cc2)cc1OC. The number of imidazole rings is 1. The van der Waals surface area contributed by atoms with Crippen LogP contribution in [0.1, 0.15) is 10.4 Å². The number of amides is 1. The molecule has 0 unspecified atom stereocenters. The fourth-order valence-electron chi connectivity index (χ4n) is 2.99. The molecule has 0 aliphatic heterocycles. The molecule has 3 N–H and O–H groups in total. The number of fused-ring (bicyclic) bond motifs is 1. The van der Waals surface area contributed by atoms with Crippen molar-refractivity contribution in [3.63, 3.8) is 0 Å². The number of rotatable bonds is 6. The van der Waals surface area contributed by atoms with Crippen LogP contribution in [0.2, 0.25) is 0 Å². The zero-order valence-electron chi connectivity index (χ0n) is 15.9. The average molecular weight is 389 g/mol. The molecule has 0 saturated carbocycles. The molecule has 0 aliphatic carbocycles. The van der Waals surface area contributed by atoms with E-state index in [1.807, 2.05) is 30.3 Å². The summed E-state index contributed by atoms with van der Waals surface area (Å²) in [6, 6.07) is 18.0. The van der Waals surface area contributed by atoms with Gasteiger partial charge in [-0.3, -0.25) is 4.79 Å². The van der Waals surface area contributed by atoms with Gasteiger partial charge in [0.1, 0.15) is 17.3 Å². The highest BCUT2D eigenvalue weighted by atomic mass is 16.5. The molecular formula is C22H19N3O4. The fraction of sp³-hybridized carbons (Fsp3) is 0.0909. The van der Waals surface area contributed by atoms with Crippen molar-refractivity contribution in [2.45, 2.75) is 0 Å². The van der Waals surface area contributed by atoms with Crippen LogP contribution in [-0.2, 0) is 0 Å². The summed E-state index contributed by atoms with van der Waals surface area (Å²) in [5, 5.41) is 0. The summed E-state index contributed by atoms with van der Waals surface area (Å²) in [5.74, 6) is 2.76. The first-order valence-electron chi connectivity index (χ1n) is 8.87. The topological polar surface area (TPSA) is 99.5 Å². The number of nitrogens with zero attached hydrogens (tertiary/aromatic N) is 1. The van der Waals surface area contributed by atoms with Crippen molar-refractivity contribution in [1.29, 1.82) is 0 Å². The second kappa shape index (κ2) is 7.55. The number of nitrogens with two attached hydrogens (primary N) is 1. The van der Waals surface area contributed by atoms with E-state index in [0.717, 1.165) is 11.1 Å². The van der Waals surface area contributed by atoms with Crippen molar-refractivity contribution in [2.75, 3.05) is 14.2 Å². The first-order valence-corrected chi connectivity index (χ1v) is 8.87. The van der Waals surface area contributed by atoms with E-state index in [-0.39, 0.29) is 0 Å². The average Bonchev–Trinajstić information content (AvgIpc) is 3.17. The lowest BCUT2D eigenvalue weighted by atomic mass is 10.2. The van der Waals surface area contributed by atoms with Crippen LogP contribution in [0.5, 0.6) is 23.0 Å². The van der Waals surface area contributed by atoms with Crippen LogP contribution in [0.25, 0.3) is 22.4 Å². The van der Waals surface area contributed by atoms with Crippen molar-refractivity contribution >= 4 is 16.9 Å². The number of hydrogen-bond donors (Lipinski definition) is 2. The molecule has 0 atom stereocenters. The number of carbonyl (C=O) groups is 1. The van der Waals surface area contributed by atoms with Gasteiger partial charge in [0.05, 0.1) is 25.3 Å². The maximum atomic E-state index is 11.3. The predicted molar refractivity (Wildman–Crippen MR) is 110 cm³/mol. The molecule has 4 rings (SSSR count). The Bertz CT molecular complexity index is 1180. The van der Waals surface area contributed by atoms with Gasteiger partial charge in [-0.2, -0.15) is 0 Å². The molecule has 146 valence electrons. The van der Waals surface area contributed by atoms with Gasteiger partial charge in [0, 0.05) is 17.2 Å². The van der Waals surface area contributed by atoms with E-state index in [0.29, 0.717) is 39.9 Å². The maximum absolute atomic E-state index is 11.3. The summed E-state index contributed by atoms with van der Waals surface area (Å²) in [6.07, 6.45) is 0. The van der Waals surface area contributed by atoms with Gasteiger partial charge in [-0.15, -0.1) is 0 Å². The van der Waals surface area contributed by atoms with Crippen molar-refractivity contribution in [3.05, 3.63) is 66.2 Å². The molecule has 0 saturated heterocycles. The summed E-state index contributed by atoms with van der Waals surface area (Å²) in [4.78, 5) is 19.1. The molecule has 1 heterocycles. The number of benzene rings is 3. The Morgan fingerprint density at radius 1 is 0.897 bits per heavy atom. The van der Waals surface area contributed by atoms with Crippen LogP contribution in [0.15, 0.2) is 60.7 Å². The molecular weight excluding hydrogens is 370 g/mol. The molecule has 0 spiro atoms. The Hall–Kier alpha value is -4.00. The van der Waals surface area contributed by atoms with E-state index in [1.165, 1.54) is 0 Å². The molecule has 1 aromatic heterocycles. The van der Waals surface area contributed by atoms with Crippen molar-refractivity contribution < 1.29 is 19.0 Å². The molecule has 7 nitrogen and oxygen atoms in total. The summed E-state index contributed by atoms with van der Waals surface area (Å²) in [5.41, 5.74) is 8.16. The van der Waals surface area contributed by atoms with Crippen molar-refractivity contribution in [1.82, 2.24) is 9.97 Å². The van der Waals surface area contributed by atoms with Crippen LogP contribution in [0.4, 0.5) is 0 Å². The highest BCUT2D eigenvalue weighted by molar-refractivity contribution is 5.96. The summed E-state index contributed by atoms with van der Waals surface area (Å²) >= 11 is 0. The molecule has 0 bridgehead atoms. The zero-order chi connectivity index (χ0) is 20.4. The van der Waals surface area contributed by atoms with Gasteiger partial charge in [0.15, 0.2) is 11.5 Å². The smallest absolute Gasteiger partial charge is 0.248 e. The standard InChI is InChI=1S/C22H19N3O4/c1-27-19-10-8-16(12-20(19)28-2)29-15-6-3-13(4-7-15)22-24-17-9-5-14(21(23)26)11-18(17)25-22/h3-12H,1-2H3,(H2,23,26)(H,24,25). The number of primary amides is 1. The first-order chi connectivity index (χ1) is 14.1. The highest BCUT2D eigenvalue weighted by Crippen LogP contribution is 2.33. The van der Waals surface area contributed by atoms with Crippen LogP contribution >= 0.6 is 0 Å². The van der Waals surface area contributed by atoms with Crippen LogP contribution in [0, 0.1) is 0 Å². The minimum Gasteiger partial charge on any atom is -0.493 e. The van der Waals surface area contributed by atoms with Gasteiger partial charge in [0.25, 0.3) is 0 Å². The van der Waals surface area contributed by atoms with Gasteiger partial charge in [-0.05, 0) is 54.6 Å². The summed E-state index contributed by atoms with van der Waals surface area (Å²) < 4.78 is 16.4. The molecule has 0 radical (unpaired) electrons. The number of carbonyl (C=O) groups excluding carboxylic acids is 1. The lowest BCUT2D eigenvalue weighted by molar-refractivity contribution is 0.100. The summed E-state index contributed by atoms with van der Waals surface area (Å²) in [6.45, 7) is 0. The minimum atomic E-state index is -0.479. The molecule has 4 aromatic rings. The Labute approximate surface area is 167 Å². The number of ether oxygens (including phenoxy) is 3. The fourth-order valence-corrected chi connectivity index (χ4v) is 2.99. The molecule has 0 aliphatic rings. The lowest BCUT2D eigenvalue weighted by Gasteiger charge is -2.10. The third kappa shape index (κ3) is 3.70. The monoisotopic (exact) mass is 389 g/mol. The minimum absolute atomic E-state index is 0.425. The first kappa shape index (κ1) is 18.4. The zero-order valence-corrected chi connectivity index (χ0v) is 15.9. The summed E-state index contributed by atoms with van der Waals surface area (Å²) in [7, 11) is 3.17. The maximum Gasteiger partial charge on any atom is 0.248 e. The van der Waals surface area contributed by atoms with Crippen LogP contribution < -0.4 is 19.9 Å². The van der Waals surface area contributed by atoms with Crippen LogP contribution in [0.3, 0.4) is 0 Å². The molecule has 29 heavy (non-hydrogen) atoms. The van der Waals surface area contributed by atoms with E-state index in [9.17, 15) is 4.79 Å². The molecule has 0 fully saturated rings. The number of nitrogens with one attached hydrogen (secondary N) is 1. The van der Waals surface area contributed by atoms with E-state index >= 15 is 0 Å². The molecule has 3 aromatic carbocycles. The third-order valence-corrected chi connectivity index (χ3v) is 4.49. The third-order valence-electron chi connectivity index (χ3n) is 4.49. The van der Waals surface area contributed by atoms with Gasteiger partial charge in [-0.1, -0.05) is 0 Å². The Morgan fingerprint density at radius 2 is 1.62 bits per heavy atom. The molecule has 7 heteroatoms. The number of hydrogen-bond acceptors (Lipinski definition) is 5. The number of methoxy groups -OCH3 is 2. The van der Waals surface area contributed by atoms with Gasteiger partial charge >= 0.3 is 0 Å². The van der Waals surface area contributed by atoms with Crippen molar-refractivity contribution in [3.8, 4) is 34.4 Å². The van der Waals surface area contributed by atoms with E-state index < -0.39 is 5.91 Å². The van der Waals surface area contributed by atoms with E-state index in [4.69, 9.17) is 19.9 Å². The number of aromatic nitrogens is 2. The van der Waals surface area contributed by atoms with Crippen LogP contribution in [-0.4, -0.2) is 30.1 Å². The number of H-pyrrole nitrogens is 1. The van der Waals surface area contributed by atoms with E-state index in [1.54, 1.807) is 44.6 Å². The predicted octanol–water partition coefficient (Wildman–Crippen LogP) is 4.14. The van der Waals surface area contributed by atoms with Crippen molar-refractivity contribution in [2.24, 2.45) is 5.73 Å². The largest absolute Gasteiger partial charge is 0.493 e.